The van der Waals surface area contributed by atoms with Crippen LogP contribution < -0.4 is 16.4 Å². The molecule has 39 heavy (non-hydrogen) atoms. The van der Waals surface area contributed by atoms with Crippen LogP contribution >= 0.6 is 11.6 Å². The van der Waals surface area contributed by atoms with Gasteiger partial charge in [0, 0.05) is 30.2 Å². The Morgan fingerprint density at radius 1 is 1.28 bits per heavy atom. The predicted molar refractivity (Wildman–Crippen MR) is 145 cm³/mol. The summed E-state index contributed by atoms with van der Waals surface area (Å²) < 4.78 is 23.3. The van der Waals surface area contributed by atoms with Crippen molar-refractivity contribution in [2.75, 3.05) is 18.5 Å². The molecule has 13 nitrogen and oxygen atoms in total. The molecular weight excluding hydrogens is 548 g/mol. The molecule has 15 heteroatoms. The Balaban J connectivity index is 1.79. The maximum Gasteiger partial charge on any atom is 0.252 e. The molecule has 3 amide bonds. The number of hydrogen-bond donors (Lipinski definition) is 4. The Kier molecular flexibility index (Phi) is 9.33. The molecule has 1 unspecified atom stereocenters. The largest absolute Gasteiger partial charge is 0.398 e. The van der Waals surface area contributed by atoms with Crippen molar-refractivity contribution in [2.45, 2.75) is 58.2 Å². The fourth-order valence-corrected chi connectivity index (χ4v) is 4.81. The van der Waals surface area contributed by atoms with E-state index in [0.29, 0.717) is 25.1 Å². The van der Waals surface area contributed by atoms with Gasteiger partial charge in [-0.2, -0.15) is 5.21 Å². The van der Waals surface area contributed by atoms with Crippen LogP contribution in [0.25, 0.3) is 0 Å². The van der Waals surface area contributed by atoms with Crippen molar-refractivity contribution in [2.24, 2.45) is 5.41 Å². The summed E-state index contributed by atoms with van der Waals surface area (Å²) in [5.41, 5.74) is 5.62. The SMILES string of the molecule is CC(C)(C)C(NC(=O)c1ccc(N)c(Cl)c1)C(=O)N1CCC[C@@H]1C(=O)N[C@H](/C=C/S(C)(=O)=O)Cc1nn[nH]n1. The summed E-state index contributed by atoms with van der Waals surface area (Å²) in [7, 11) is -3.46. The molecule has 5 N–H and O–H groups in total. The summed E-state index contributed by atoms with van der Waals surface area (Å²) in [6, 6.07) is 1.92. The first-order chi connectivity index (χ1) is 18.2. The lowest BCUT2D eigenvalue weighted by atomic mass is 9.85. The van der Waals surface area contributed by atoms with Crippen LogP contribution in [0, 0.1) is 5.41 Å². The van der Waals surface area contributed by atoms with Crippen LogP contribution in [-0.4, -0.2) is 82.6 Å². The Bertz CT molecular complexity index is 1340. The minimum Gasteiger partial charge on any atom is -0.398 e. The molecule has 0 spiro atoms. The lowest BCUT2D eigenvalue weighted by molar-refractivity contribution is -0.142. The number of amides is 3. The summed E-state index contributed by atoms with van der Waals surface area (Å²) in [5, 5.41) is 20.3. The first kappa shape index (κ1) is 30.0. The molecule has 0 saturated carbocycles. The number of nitrogens with zero attached hydrogens (tertiary/aromatic N) is 4. The smallest absolute Gasteiger partial charge is 0.252 e. The molecule has 1 fully saturated rings. The van der Waals surface area contributed by atoms with Gasteiger partial charge in [0.15, 0.2) is 15.7 Å². The lowest BCUT2D eigenvalue weighted by Gasteiger charge is -2.35. The maximum atomic E-state index is 13.8. The van der Waals surface area contributed by atoms with Crippen LogP contribution in [0.2, 0.25) is 5.02 Å². The second kappa shape index (κ2) is 12.1. The molecule has 0 aliphatic carbocycles. The first-order valence-electron chi connectivity index (χ1n) is 12.2. The number of aromatic nitrogens is 4. The van der Waals surface area contributed by atoms with Crippen LogP contribution in [0.3, 0.4) is 0 Å². The van der Waals surface area contributed by atoms with Crippen molar-refractivity contribution >= 4 is 44.8 Å². The number of halogens is 1. The van der Waals surface area contributed by atoms with E-state index in [2.05, 4.69) is 31.3 Å². The Morgan fingerprint density at radius 2 is 2.00 bits per heavy atom. The van der Waals surface area contributed by atoms with Gasteiger partial charge in [0.1, 0.15) is 12.1 Å². The Morgan fingerprint density at radius 3 is 2.59 bits per heavy atom. The second-order valence-electron chi connectivity index (χ2n) is 10.5. The average Bonchev–Trinajstić information content (AvgIpc) is 3.53. The van der Waals surface area contributed by atoms with Crippen LogP contribution in [0.1, 0.15) is 49.8 Å². The first-order valence-corrected chi connectivity index (χ1v) is 14.6. The Labute approximate surface area is 231 Å². The van der Waals surface area contributed by atoms with Crippen molar-refractivity contribution in [3.63, 3.8) is 0 Å². The normalized spacial score (nSPS) is 17.7. The summed E-state index contributed by atoms with van der Waals surface area (Å²) >= 11 is 6.06. The van der Waals surface area contributed by atoms with E-state index < -0.39 is 51.1 Å². The monoisotopic (exact) mass is 580 g/mol. The van der Waals surface area contributed by atoms with E-state index in [9.17, 15) is 22.8 Å². The summed E-state index contributed by atoms with van der Waals surface area (Å²) in [6.07, 6.45) is 3.44. The van der Waals surface area contributed by atoms with Crippen molar-refractivity contribution < 1.29 is 22.8 Å². The number of rotatable bonds is 9. The molecule has 2 aromatic rings. The standard InChI is InChI=1S/C24H33ClN8O5S/c1-24(2,3)20(28-21(34)14-7-8-17(26)16(25)12-14)23(36)33-10-5-6-18(33)22(35)27-15(9-11-39(4,37)38)13-19-29-31-32-30-19/h7-9,11-12,15,18,20H,5-6,10,13,26H2,1-4H3,(H,27,35)(H,28,34)(H,29,30,31,32)/b11-9+/t15-,18-,20?/m1/s1. The number of nitrogen functional groups attached to an aromatic ring is 1. The molecule has 1 saturated heterocycles. The highest BCUT2D eigenvalue weighted by atomic mass is 35.5. The summed E-state index contributed by atoms with van der Waals surface area (Å²) in [6.45, 7) is 5.76. The number of carbonyl (C=O) groups excluding carboxylic acids is 3. The molecular formula is C24H33ClN8O5S. The van der Waals surface area contributed by atoms with E-state index in [1.54, 1.807) is 0 Å². The molecule has 0 bridgehead atoms. The van der Waals surface area contributed by atoms with Gasteiger partial charge in [0.2, 0.25) is 11.8 Å². The highest BCUT2D eigenvalue weighted by Crippen LogP contribution is 2.27. The van der Waals surface area contributed by atoms with Crippen molar-refractivity contribution in [1.29, 1.82) is 0 Å². The van der Waals surface area contributed by atoms with E-state index in [1.807, 2.05) is 20.8 Å². The molecule has 1 aliphatic rings. The summed E-state index contributed by atoms with van der Waals surface area (Å²) in [5.74, 6) is -1.10. The maximum absolute atomic E-state index is 13.8. The number of nitrogens with two attached hydrogens (primary N) is 1. The number of benzene rings is 1. The molecule has 1 aromatic carbocycles. The number of sulfone groups is 1. The molecule has 212 valence electrons. The molecule has 0 radical (unpaired) electrons. The number of nitrogens with one attached hydrogen (secondary N) is 3. The van der Waals surface area contributed by atoms with Gasteiger partial charge in [-0.15, -0.1) is 10.2 Å². The predicted octanol–water partition coefficient (Wildman–Crippen LogP) is 0.857. The number of likely N-dealkylation sites (tertiary alicyclic amines) is 1. The minimum atomic E-state index is -3.46. The van der Waals surface area contributed by atoms with Gasteiger partial charge in [-0.05, 0) is 36.5 Å². The number of hydrogen-bond acceptors (Lipinski definition) is 9. The number of H-pyrrole nitrogens is 1. The zero-order valence-corrected chi connectivity index (χ0v) is 23.7. The van der Waals surface area contributed by atoms with Crippen molar-refractivity contribution in [3.05, 3.63) is 46.1 Å². The molecule has 1 aromatic heterocycles. The third kappa shape index (κ3) is 8.23. The van der Waals surface area contributed by atoms with Gasteiger partial charge in [-0.1, -0.05) is 43.7 Å². The zero-order valence-electron chi connectivity index (χ0n) is 22.1. The molecule has 3 rings (SSSR count). The summed E-state index contributed by atoms with van der Waals surface area (Å²) in [4.78, 5) is 41.6. The number of tetrazole rings is 1. The van der Waals surface area contributed by atoms with E-state index in [1.165, 1.54) is 29.2 Å². The van der Waals surface area contributed by atoms with Crippen molar-refractivity contribution in [3.8, 4) is 0 Å². The highest BCUT2D eigenvalue weighted by Gasteiger charge is 2.42. The van der Waals surface area contributed by atoms with Gasteiger partial charge < -0.3 is 21.3 Å². The van der Waals surface area contributed by atoms with Crippen LogP contribution in [0.15, 0.2) is 29.7 Å². The van der Waals surface area contributed by atoms with Gasteiger partial charge in [0.05, 0.1) is 16.8 Å². The minimum absolute atomic E-state index is 0.0831. The Hall–Kier alpha value is -3.52. The van der Waals surface area contributed by atoms with Crippen molar-refractivity contribution in [1.82, 2.24) is 36.2 Å². The average molecular weight is 581 g/mol. The number of aromatic amines is 1. The van der Waals surface area contributed by atoms with Gasteiger partial charge in [0.25, 0.3) is 5.91 Å². The lowest BCUT2D eigenvalue weighted by Crippen LogP contribution is -2.58. The van der Waals surface area contributed by atoms with E-state index >= 15 is 0 Å². The fraction of sp³-hybridized carbons (Fsp3) is 0.500. The van der Waals surface area contributed by atoms with Crippen LogP contribution in [0.5, 0.6) is 0 Å². The third-order valence-corrected chi connectivity index (χ3v) is 7.15. The van der Waals surface area contributed by atoms with E-state index in [4.69, 9.17) is 17.3 Å². The fourth-order valence-electron chi connectivity index (χ4n) is 4.15. The number of anilines is 1. The number of carbonyl (C=O) groups is 3. The van der Waals surface area contributed by atoms with Crippen LogP contribution in [-0.2, 0) is 25.8 Å². The second-order valence-corrected chi connectivity index (χ2v) is 12.8. The van der Waals surface area contributed by atoms with Gasteiger partial charge >= 0.3 is 0 Å². The van der Waals surface area contributed by atoms with Gasteiger partial charge in [-0.3, -0.25) is 14.4 Å². The molecule has 2 heterocycles. The van der Waals surface area contributed by atoms with E-state index in [0.717, 1.165) is 11.7 Å². The topological polar surface area (TPSA) is 193 Å². The molecule has 1 aliphatic heterocycles. The van der Waals surface area contributed by atoms with Gasteiger partial charge in [-0.25, -0.2) is 8.42 Å². The quantitative estimate of drug-likeness (QED) is 0.311. The third-order valence-electron chi connectivity index (χ3n) is 6.17. The zero-order chi connectivity index (χ0) is 29.0. The van der Waals surface area contributed by atoms with Crippen LogP contribution in [0.4, 0.5) is 5.69 Å². The highest BCUT2D eigenvalue weighted by molar-refractivity contribution is 7.93. The van der Waals surface area contributed by atoms with E-state index in [-0.39, 0.29) is 22.8 Å². The molecule has 3 atom stereocenters.